The van der Waals surface area contributed by atoms with Crippen LogP contribution in [0.1, 0.15) is 20.6 Å². The molecule has 0 saturated heterocycles. The lowest BCUT2D eigenvalue weighted by Crippen LogP contribution is -1.92. The largest absolute Gasteiger partial charge is 0.455 e. The first-order valence-electron chi connectivity index (χ1n) is 21.1. The molecular weight excluding hydrogens is 520 g/mol. The van der Waals surface area contributed by atoms with E-state index in [0.717, 1.165) is 11.1 Å². The zero-order chi connectivity index (χ0) is 41.4. The van der Waals surface area contributed by atoms with Gasteiger partial charge in [-0.3, -0.25) is 0 Å². The van der Waals surface area contributed by atoms with Crippen LogP contribution in [0.25, 0.3) is 87.6 Å². The van der Waals surface area contributed by atoms with Gasteiger partial charge in [-0.2, -0.15) is 0 Å². The quantitative estimate of drug-likeness (QED) is 0.196. The van der Waals surface area contributed by atoms with Crippen molar-refractivity contribution in [2.24, 2.45) is 0 Å². The summed E-state index contributed by atoms with van der Waals surface area (Å²) >= 11 is 0. The van der Waals surface area contributed by atoms with Crippen LogP contribution >= 0.6 is 0 Å². The first kappa shape index (κ1) is 13.5. The van der Waals surface area contributed by atoms with Crippen molar-refractivity contribution < 1.29 is 25.0 Å². The minimum atomic E-state index is -0.761. The van der Waals surface area contributed by atoms with E-state index in [1.807, 2.05) is 48.5 Å². The summed E-state index contributed by atoms with van der Waals surface area (Å²) in [5.74, 6) is 0. The normalized spacial score (nSPS) is 16.6. The van der Waals surface area contributed by atoms with E-state index in [2.05, 4.69) is 0 Å². The molecule has 0 unspecified atom stereocenters. The van der Waals surface area contributed by atoms with E-state index in [1.54, 1.807) is 18.2 Å². The van der Waals surface area contributed by atoms with Gasteiger partial charge in [0.05, 0.1) is 20.6 Å². The standard InChI is InChI=1S/C42H26O/c1-2-13-28(14-3-1)30-22-11-25-37-41-36(24-12-26-38(41)43-42(30)37)40-34-20-8-6-18-32(34)39(33-19-7-9-21-35(33)40)31-23-10-16-27-15-4-5-17-29(27)31/h1-26H/i4D,5D,6D,7D,8D,9D,10D,15D,16D,17D,18D,19D,20D,21D,23D. The van der Waals surface area contributed by atoms with Gasteiger partial charge in [0, 0.05) is 16.3 Å². The van der Waals surface area contributed by atoms with Crippen molar-refractivity contribution in [3.05, 3.63) is 157 Å². The maximum Gasteiger partial charge on any atom is 0.143 e. The molecule has 0 atom stereocenters. The Kier molecular flexibility index (Phi) is 2.97. The third-order valence-electron chi connectivity index (χ3n) is 7.81. The highest BCUT2D eigenvalue weighted by molar-refractivity contribution is 6.27. The van der Waals surface area contributed by atoms with Crippen LogP contribution in [-0.4, -0.2) is 0 Å². The van der Waals surface area contributed by atoms with Crippen molar-refractivity contribution in [1.82, 2.24) is 0 Å². The Balaban J connectivity index is 1.62. The Morgan fingerprint density at radius 2 is 1.00 bits per heavy atom. The van der Waals surface area contributed by atoms with Crippen molar-refractivity contribution in [3.8, 4) is 33.4 Å². The van der Waals surface area contributed by atoms with Crippen LogP contribution in [0.2, 0.25) is 0 Å². The first-order chi connectivity index (χ1) is 27.6. The molecule has 200 valence electrons. The molecule has 9 aromatic rings. The van der Waals surface area contributed by atoms with Crippen LogP contribution in [0.5, 0.6) is 0 Å². The van der Waals surface area contributed by atoms with Crippen molar-refractivity contribution in [2.45, 2.75) is 0 Å². The Morgan fingerprint density at radius 3 is 1.72 bits per heavy atom. The van der Waals surface area contributed by atoms with Crippen molar-refractivity contribution in [1.29, 1.82) is 0 Å². The van der Waals surface area contributed by atoms with Gasteiger partial charge in [0.25, 0.3) is 0 Å². The van der Waals surface area contributed by atoms with Crippen LogP contribution in [-0.2, 0) is 0 Å². The number of rotatable bonds is 3. The molecule has 9 rings (SSSR count). The summed E-state index contributed by atoms with van der Waals surface area (Å²) in [5, 5.41) is -0.775. The lowest BCUT2D eigenvalue weighted by atomic mass is 9.84. The molecule has 0 aliphatic heterocycles. The van der Waals surface area contributed by atoms with E-state index < -0.39 is 107 Å². The Hall–Kier alpha value is -5.66. The molecule has 0 spiro atoms. The fourth-order valence-corrected chi connectivity index (χ4v) is 6.05. The molecule has 1 heteroatoms. The second kappa shape index (κ2) is 9.44. The molecule has 0 saturated carbocycles. The van der Waals surface area contributed by atoms with Gasteiger partial charge < -0.3 is 4.42 Å². The number of para-hydroxylation sites is 1. The average Bonchev–Trinajstić information content (AvgIpc) is 3.62. The maximum atomic E-state index is 9.44. The van der Waals surface area contributed by atoms with Crippen LogP contribution < -0.4 is 0 Å². The zero-order valence-corrected chi connectivity index (χ0v) is 22.3. The van der Waals surface area contributed by atoms with E-state index in [9.17, 15) is 6.85 Å². The minimum Gasteiger partial charge on any atom is -0.455 e. The van der Waals surface area contributed by atoms with E-state index in [-0.39, 0.29) is 32.7 Å². The monoisotopic (exact) mass is 561 g/mol. The predicted molar refractivity (Wildman–Crippen MR) is 183 cm³/mol. The second-order valence-electron chi connectivity index (χ2n) is 10.1. The van der Waals surface area contributed by atoms with Gasteiger partial charge in [-0.1, -0.05) is 151 Å². The van der Waals surface area contributed by atoms with E-state index in [1.165, 1.54) is 0 Å². The lowest BCUT2D eigenvalue weighted by Gasteiger charge is -2.19. The van der Waals surface area contributed by atoms with Crippen molar-refractivity contribution >= 4 is 54.3 Å². The molecule has 1 heterocycles. The number of benzene rings is 8. The first-order valence-corrected chi connectivity index (χ1v) is 13.6. The third-order valence-corrected chi connectivity index (χ3v) is 7.81. The summed E-state index contributed by atoms with van der Waals surface area (Å²) in [7, 11) is 0. The highest BCUT2D eigenvalue weighted by atomic mass is 16.3. The fourth-order valence-electron chi connectivity index (χ4n) is 6.05. The zero-order valence-electron chi connectivity index (χ0n) is 37.3. The predicted octanol–water partition coefficient (Wildman–Crippen LogP) is 12.0. The molecule has 0 aliphatic rings. The van der Waals surface area contributed by atoms with Crippen molar-refractivity contribution in [3.63, 3.8) is 0 Å². The maximum absolute atomic E-state index is 9.44. The summed E-state index contributed by atoms with van der Waals surface area (Å²) in [6.07, 6.45) is 0. The van der Waals surface area contributed by atoms with Gasteiger partial charge in [-0.05, 0) is 66.2 Å². The van der Waals surface area contributed by atoms with Crippen LogP contribution in [0, 0.1) is 0 Å². The second-order valence-corrected chi connectivity index (χ2v) is 10.1. The molecule has 0 amide bonds. The molecule has 0 fully saturated rings. The lowest BCUT2D eigenvalue weighted by molar-refractivity contribution is 0.670. The summed E-state index contributed by atoms with van der Waals surface area (Å²) in [6.45, 7) is 0. The molecule has 0 aliphatic carbocycles. The number of hydrogen-bond donors (Lipinski definition) is 0. The molecular formula is C42H26O. The summed E-state index contributed by atoms with van der Waals surface area (Å²) in [6, 6.07) is 9.85. The highest BCUT2D eigenvalue weighted by Crippen LogP contribution is 2.48. The van der Waals surface area contributed by atoms with Crippen LogP contribution in [0.3, 0.4) is 0 Å². The van der Waals surface area contributed by atoms with Gasteiger partial charge in [0.2, 0.25) is 0 Å². The van der Waals surface area contributed by atoms with Crippen LogP contribution in [0.4, 0.5) is 0 Å². The smallest absolute Gasteiger partial charge is 0.143 e. The Bertz CT molecular complexity index is 3250. The van der Waals surface area contributed by atoms with Gasteiger partial charge in [0.15, 0.2) is 0 Å². The van der Waals surface area contributed by atoms with E-state index >= 15 is 0 Å². The summed E-state index contributed by atoms with van der Waals surface area (Å²) in [4.78, 5) is 0. The SMILES string of the molecule is [2H]c1c([2H])c([2H])c2c(-c3c4c([2H])c([2H])c([2H])c([2H])c4c(-c4cccc5oc6c(-c7ccccc7)cccc6c45)c4c([2H])c([2H])c([2H])c([2H])c34)c([2H])c([2H])c([2H])c2c1[2H]. The van der Waals surface area contributed by atoms with Gasteiger partial charge in [-0.15, -0.1) is 0 Å². The molecule has 1 nitrogen and oxygen atoms in total. The van der Waals surface area contributed by atoms with Crippen molar-refractivity contribution in [2.75, 3.05) is 0 Å². The highest BCUT2D eigenvalue weighted by Gasteiger charge is 2.21. The van der Waals surface area contributed by atoms with E-state index in [4.69, 9.17) is 18.1 Å². The molecule has 0 N–H and O–H groups in total. The number of fused-ring (bicyclic) bond motifs is 6. The summed E-state index contributed by atoms with van der Waals surface area (Å²) < 4.78 is 141. The number of furan rings is 1. The van der Waals surface area contributed by atoms with Gasteiger partial charge >= 0.3 is 0 Å². The molecule has 0 bridgehead atoms. The Morgan fingerprint density at radius 1 is 0.419 bits per heavy atom. The third kappa shape index (κ3) is 3.58. The van der Waals surface area contributed by atoms with Crippen LogP contribution in [0.15, 0.2) is 162 Å². The molecule has 8 aromatic carbocycles. The topological polar surface area (TPSA) is 13.1 Å². The average molecular weight is 562 g/mol. The molecule has 1 aromatic heterocycles. The molecule has 43 heavy (non-hydrogen) atoms. The Labute approximate surface area is 270 Å². The van der Waals surface area contributed by atoms with E-state index in [0.29, 0.717) is 27.5 Å². The minimum absolute atomic E-state index is 0.00658. The molecule has 0 radical (unpaired) electrons. The fraction of sp³-hybridized carbons (Fsp3) is 0. The summed E-state index contributed by atoms with van der Waals surface area (Å²) in [5.41, 5.74) is 2.01. The number of hydrogen-bond acceptors (Lipinski definition) is 1. The van der Waals surface area contributed by atoms with Gasteiger partial charge in [-0.25, -0.2) is 0 Å². The van der Waals surface area contributed by atoms with Gasteiger partial charge in [0.1, 0.15) is 11.2 Å².